The summed E-state index contributed by atoms with van der Waals surface area (Å²) in [5.41, 5.74) is 5.57. The number of hydrogen-bond acceptors (Lipinski definition) is 4. The first-order chi connectivity index (χ1) is 9.87. The topological polar surface area (TPSA) is 99.2 Å². The number of aromatic hydroxyl groups is 1. The van der Waals surface area contributed by atoms with Crippen LogP contribution in [0.3, 0.4) is 0 Å². The molecule has 0 spiro atoms. The van der Waals surface area contributed by atoms with Crippen LogP contribution in [-0.4, -0.2) is 40.0 Å². The number of nitrogens with two attached hydrogens (primary N) is 1. The SMILES string of the molecule is CC1(/C(N)=N/O)CCN(C(=O)c2cc(O)ccc2Cl)CC1. The third-order valence-electron chi connectivity index (χ3n) is 4.06. The average molecular weight is 312 g/mol. The second-order valence-electron chi connectivity index (χ2n) is 5.50. The number of hydrogen-bond donors (Lipinski definition) is 3. The predicted octanol–water partition coefficient (Wildman–Crippen LogP) is 2.03. The van der Waals surface area contributed by atoms with E-state index in [1.165, 1.54) is 18.2 Å². The Kier molecular flexibility index (Phi) is 4.27. The van der Waals surface area contributed by atoms with Crippen LogP contribution < -0.4 is 5.73 Å². The van der Waals surface area contributed by atoms with E-state index in [1.54, 1.807) is 4.90 Å². The zero-order valence-electron chi connectivity index (χ0n) is 11.7. The fraction of sp³-hybridized carbons (Fsp3) is 0.429. The highest BCUT2D eigenvalue weighted by molar-refractivity contribution is 6.33. The van der Waals surface area contributed by atoms with Crippen molar-refractivity contribution in [1.29, 1.82) is 0 Å². The molecule has 0 aromatic heterocycles. The summed E-state index contributed by atoms with van der Waals surface area (Å²) in [6, 6.07) is 4.29. The van der Waals surface area contributed by atoms with Crippen molar-refractivity contribution in [2.24, 2.45) is 16.3 Å². The fourth-order valence-electron chi connectivity index (χ4n) is 2.43. The van der Waals surface area contributed by atoms with E-state index in [0.717, 1.165) is 0 Å². The van der Waals surface area contributed by atoms with Crippen LogP contribution in [0.4, 0.5) is 0 Å². The second-order valence-corrected chi connectivity index (χ2v) is 5.91. The normalized spacial score (nSPS) is 18.6. The summed E-state index contributed by atoms with van der Waals surface area (Å²) < 4.78 is 0. The van der Waals surface area contributed by atoms with E-state index in [9.17, 15) is 9.90 Å². The van der Waals surface area contributed by atoms with Crippen molar-refractivity contribution in [1.82, 2.24) is 4.90 Å². The van der Waals surface area contributed by atoms with Gasteiger partial charge in [-0.2, -0.15) is 0 Å². The van der Waals surface area contributed by atoms with E-state index < -0.39 is 5.41 Å². The highest BCUT2D eigenvalue weighted by Crippen LogP contribution is 2.32. The molecule has 1 aromatic rings. The van der Waals surface area contributed by atoms with Crippen LogP contribution in [0.2, 0.25) is 5.02 Å². The molecular weight excluding hydrogens is 294 g/mol. The number of oxime groups is 1. The quantitative estimate of drug-likeness (QED) is 0.337. The Morgan fingerprint density at radius 3 is 2.62 bits per heavy atom. The van der Waals surface area contributed by atoms with Gasteiger partial charge in [0.1, 0.15) is 11.6 Å². The molecule has 0 aliphatic carbocycles. The van der Waals surface area contributed by atoms with E-state index in [1.807, 2.05) is 6.92 Å². The first-order valence-electron chi connectivity index (χ1n) is 6.63. The number of benzene rings is 1. The summed E-state index contributed by atoms with van der Waals surface area (Å²) >= 11 is 6.01. The summed E-state index contributed by atoms with van der Waals surface area (Å²) in [7, 11) is 0. The fourth-order valence-corrected chi connectivity index (χ4v) is 2.63. The molecule has 21 heavy (non-hydrogen) atoms. The lowest BCUT2D eigenvalue weighted by atomic mass is 9.79. The van der Waals surface area contributed by atoms with Crippen LogP contribution in [0.15, 0.2) is 23.4 Å². The number of rotatable bonds is 2. The molecule has 1 aliphatic heterocycles. The lowest BCUT2D eigenvalue weighted by Crippen LogP contribution is -2.47. The minimum absolute atomic E-state index is 0.00116. The van der Waals surface area contributed by atoms with Gasteiger partial charge in [-0.3, -0.25) is 4.79 Å². The number of carbonyl (C=O) groups is 1. The molecule has 0 atom stereocenters. The zero-order valence-corrected chi connectivity index (χ0v) is 12.5. The number of halogens is 1. The Morgan fingerprint density at radius 2 is 2.05 bits per heavy atom. The molecule has 4 N–H and O–H groups in total. The Hall–Kier alpha value is -1.95. The average Bonchev–Trinajstić information content (AvgIpc) is 2.49. The third kappa shape index (κ3) is 3.05. The lowest BCUT2D eigenvalue weighted by Gasteiger charge is -2.38. The van der Waals surface area contributed by atoms with Gasteiger partial charge in [-0.25, -0.2) is 0 Å². The van der Waals surface area contributed by atoms with Crippen molar-refractivity contribution < 1.29 is 15.1 Å². The van der Waals surface area contributed by atoms with Crippen LogP contribution in [0, 0.1) is 5.41 Å². The number of nitrogens with zero attached hydrogens (tertiary/aromatic N) is 2. The van der Waals surface area contributed by atoms with Gasteiger partial charge in [0.2, 0.25) is 0 Å². The molecule has 6 nitrogen and oxygen atoms in total. The first kappa shape index (κ1) is 15.4. The number of carbonyl (C=O) groups excluding carboxylic acids is 1. The smallest absolute Gasteiger partial charge is 0.255 e. The summed E-state index contributed by atoms with van der Waals surface area (Å²) in [6.07, 6.45) is 1.20. The molecule has 0 saturated carbocycles. The predicted molar refractivity (Wildman–Crippen MR) is 79.8 cm³/mol. The van der Waals surface area contributed by atoms with Crippen LogP contribution >= 0.6 is 11.6 Å². The minimum atomic E-state index is -0.409. The van der Waals surface area contributed by atoms with Crippen molar-refractivity contribution in [2.75, 3.05) is 13.1 Å². The molecule has 1 saturated heterocycles. The standard InChI is InChI=1S/C14H18ClN3O3/c1-14(13(16)17-21)4-6-18(7-5-14)12(20)10-8-9(19)2-3-11(10)15/h2-3,8,19,21H,4-7H2,1H3,(H2,16,17). The number of amidine groups is 1. The molecule has 1 heterocycles. The van der Waals surface area contributed by atoms with Gasteiger partial charge < -0.3 is 20.9 Å². The van der Waals surface area contributed by atoms with Crippen molar-refractivity contribution in [3.8, 4) is 5.75 Å². The van der Waals surface area contributed by atoms with Crippen LogP contribution in [0.5, 0.6) is 5.75 Å². The highest BCUT2D eigenvalue weighted by atomic mass is 35.5. The number of phenols is 1. The Morgan fingerprint density at radius 1 is 1.43 bits per heavy atom. The molecule has 0 unspecified atom stereocenters. The van der Waals surface area contributed by atoms with E-state index in [0.29, 0.717) is 31.0 Å². The van der Waals surface area contributed by atoms with Gasteiger partial charge >= 0.3 is 0 Å². The molecular formula is C14H18ClN3O3. The van der Waals surface area contributed by atoms with Crippen LogP contribution in [-0.2, 0) is 0 Å². The summed E-state index contributed by atoms with van der Waals surface area (Å²) in [6.45, 7) is 2.88. The largest absolute Gasteiger partial charge is 0.508 e. The third-order valence-corrected chi connectivity index (χ3v) is 4.39. The van der Waals surface area contributed by atoms with Gasteiger partial charge in [0.15, 0.2) is 0 Å². The van der Waals surface area contributed by atoms with Gasteiger partial charge in [-0.15, -0.1) is 0 Å². The number of piperidine rings is 1. The van der Waals surface area contributed by atoms with Gasteiger partial charge in [-0.1, -0.05) is 23.7 Å². The molecule has 1 aliphatic rings. The van der Waals surface area contributed by atoms with Crippen LogP contribution in [0.25, 0.3) is 0 Å². The Balaban J connectivity index is 2.12. The summed E-state index contributed by atoms with van der Waals surface area (Å²) in [5, 5.41) is 21.7. The maximum absolute atomic E-state index is 12.4. The van der Waals surface area contributed by atoms with Crippen molar-refractivity contribution in [3.05, 3.63) is 28.8 Å². The monoisotopic (exact) mass is 311 g/mol. The molecule has 1 aromatic carbocycles. The van der Waals surface area contributed by atoms with Crippen molar-refractivity contribution in [2.45, 2.75) is 19.8 Å². The van der Waals surface area contributed by atoms with Crippen molar-refractivity contribution >= 4 is 23.3 Å². The van der Waals surface area contributed by atoms with E-state index >= 15 is 0 Å². The minimum Gasteiger partial charge on any atom is -0.508 e. The molecule has 114 valence electrons. The molecule has 1 fully saturated rings. The van der Waals surface area contributed by atoms with Crippen LogP contribution in [0.1, 0.15) is 30.1 Å². The zero-order chi connectivity index (χ0) is 15.6. The molecule has 0 bridgehead atoms. The van der Waals surface area contributed by atoms with Crippen molar-refractivity contribution in [3.63, 3.8) is 0 Å². The Labute approximate surface area is 127 Å². The van der Waals surface area contributed by atoms with Gasteiger partial charge in [0, 0.05) is 18.5 Å². The number of phenolic OH excluding ortho intramolecular Hbond substituents is 1. The highest BCUT2D eigenvalue weighted by Gasteiger charge is 2.36. The second kappa shape index (κ2) is 5.81. The van der Waals surface area contributed by atoms with Gasteiger partial charge in [0.05, 0.1) is 10.6 Å². The van der Waals surface area contributed by atoms with E-state index in [-0.39, 0.29) is 23.1 Å². The maximum atomic E-state index is 12.4. The van der Waals surface area contributed by atoms with E-state index in [2.05, 4.69) is 5.16 Å². The first-order valence-corrected chi connectivity index (χ1v) is 7.01. The number of likely N-dealkylation sites (tertiary alicyclic amines) is 1. The van der Waals surface area contributed by atoms with E-state index in [4.69, 9.17) is 22.5 Å². The van der Waals surface area contributed by atoms with Gasteiger partial charge in [0.25, 0.3) is 5.91 Å². The maximum Gasteiger partial charge on any atom is 0.255 e. The summed E-state index contributed by atoms with van der Waals surface area (Å²) in [4.78, 5) is 14.1. The lowest BCUT2D eigenvalue weighted by molar-refractivity contribution is 0.0666. The van der Waals surface area contributed by atoms with Gasteiger partial charge in [-0.05, 0) is 31.0 Å². The molecule has 2 rings (SSSR count). The molecule has 0 radical (unpaired) electrons. The molecule has 1 amide bonds. The summed E-state index contributed by atoms with van der Waals surface area (Å²) in [5.74, 6) is -0.0382. The Bertz CT molecular complexity index is 581. The number of amides is 1. The molecule has 7 heteroatoms.